The maximum Gasteiger partial charge on any atom is 0.471 e. The first kappa shape index (κ1) is 17.6. The van der Waals surface area contributed by atoms with E-state index in [0.29, 0.717) is 0 Å². The monoisotopic (exact) mass is 345 g/mol. The number of hydrogen-bond donors (Lipinski definition) is 1. The highest BCUT2D eigenvalue weighted by molar-refractivity contribution is 8.13. The van der Waals surface area contributed by atoms with E-state index in [0.717, 1.165) is 6.07 Å². The summed E-state index contributed by atoms with van der Waals surface area (Å²) >= 11 is 0. The molecule has 0 saturated carbocycles. The Morgan fingerprint density at radius 1 is 1.38 bits per heavy atom. The first-order valence-electron chi connectivity index (χ1n) is 5.47. The molecule has 0 aromatic heterocycles. The van der Waals surface area contributed by atoms with Crippen molar-refractivity contribution in [1.82, 2.24) is 5.32 Å². The summed E-state index contributed by atoms with van der Waals surface area (Å²) in [5.41, 5.74) is 0.132. The summed E-state index contributed by atoms with van der Waals surface area (Å²) < 4.78 is 64.1. The van der Waals surface area contributed by atoms with Gasteiger partial charge < -0.3 is 10.1 Å². The normalized spacial score (nSPS) is 13.6. The molecule has 5 nitrogen and oxygen atoms in total. The van der Waals surface area contributed by atoms with E-state index in [-0.39, 0.29) is 11.3 Å². The lowest BCUT2D eigenvalue weighted by Crippen LogP contribution is -2.38. The van der Waals surface area contributed by atoms with E-state index in [1.165, 1.54) is 26.2 Å². The second-order valence-electron chi connectivity index (χ2n) is 4.04. The van der Waals surface area contributed by atoms with Crippen LogP contribution in [0.25, 0.3) is 0 Å². The molecule has 1 rings (SSSR count). The smallest absolute Gasteiger partial charge is 0.471 e. The number of ether oxygens (including phenoxy) is 1. The first-order valence-corrected chi connectivity index (χ1v) is 7.78. The zero-order valence-electron chi connectivity index (χ0n) is 10.9. The van der Waals surface area contributed by atoms with Gasteiger partial charge in [-0.1, -0.05) is 6.07 Å². The Hall–Kier alpha value is -1.48. The van der Waals surface area contributed by atoms with Gasteiger partial charge in [0.25, 0.3) is 9.05 Å². The van der Waals surface area contributed by atoms with Gasteiger partial charge in [0.05, 0.1) is 13.2 Å². The largest absolute Gasteiger partial charge is 0.495 e. The Balaban J connectivity index is 3.13. The molecule has 0 fully saturated rings. The summed E-state index contributed by atoms with van der Waals surface area (Å²) in [6, 6.07) is 2.54. The molecule has 0 spiro atoms. The molecule has 10 heteroatoms. The molecule has 1 aromatic rings. The van der Waals surface area contributed by atoms with Gasteiger partial charge in [-0.15, -0.1) is 0 Å². The number of rotatable bonds is 4. The third-order valence-electron chi connectivity index (χ3n) is 2.56. The standard InChI is InChI=1S/C11H11ClF3NO4S/c1-6(16-10(17)11(13,14)15)7-3-4-8(20-2)9(5-7)21(12,18)19/h3-6H,1-2H3,(H,16,17). The fourth-order valence-electron chi connectivity index (χ4n) is 1.51. The van der Waals surface area contributed by atoms with Crippen LogP contribution < -0.4 is 10.1 Å². The Bertz CT molecular complexity index is 645. The van der Waals surface area contributed by atoms with E-state index < -0.39 is 32.1 Å². The molecule has 1 aromatic carbocycles. The van der Waals surface area contributed by atoms with Crippen molar-refractivity contribution in [3.63, 3.8) is 0 Å². The van der Waals surface area contributed by atoms with Crippen LogP contribution in [0.2, 0.25) is 0 Å². The number of amides is 1. The molecule has 1 N–H and O–H groups in total. The molecule has 0 saturated heterocycles. The van der Waals surface area contributed by atoms with Gasteiger partial charge in [-0.05, 0) is 24.6 Å². The predicted molar refractivity (Wildman–Crippen MR) is 68.6 cm³/mol. The van der Waals surface area contributed by atoms with Crippen LogP contribution in [0.1, 0.15) is 18.5 Å². The summed E-state index contributed by atoms with van der Waals surface area (Å²) in [6.07, 6.45) is -5.03. The summed E-state index contributed by atoms with van der Waals surface area (Å²) in [6.45, 7) is 1.27. The Morgan fingerprint density at radius 2 is 1.95 bits per heavy atom. The summed E-state index contributed by atoms with van der Waals surface area (Å²) in [5, 5.41) is 1.71. The van der Waals surface area contributed by atoms with Gasteiger partial charge in [0, 0.05) is 10.7 Å². The average Bonchev–Trinajstić information content (AvgIpc) is 2.35. The molecule has 1 unspecified atom stereocenters. The number of carbonyl (C=O) groups excluding carboxylic acids is 1. The van der Waals surface area contributed by atoms with Gasteiger partial charge in [-0.3, -0.25) is 4.79 Å². The molecule has 1 atom stereocenters. The highest BCUT2D eigenvalue weighted by Gasteiger charge is 2.39. The number of nitrogens with one attached hydrogen (secondary N) is 1. The number of benzene rings is 1. The highest BCUT2D eigenvalue weighted by Crippen LogP contribution is 2.30. The van der Waals surface area contributed by atoms with Crippen molar-refractivity contribution in [2.75, 3.05) is 7.11 Å². The fraction of sp³-hybridized carbons (Fsp3) is 0.364. The zero-order chi connectivity index (χ0) is 16.4. The molecule has 21 heavy (non-hydrogen) atoms. The van der Waals surface area contributed by atoms with E-state index in [4.69, 9.17) is 15.4 Å². The topological polar surface area (TPSA) is 72.5 Å². The molecular weight excluding hydrogens is 335 g/mol. The SMILES string of the molecule is COc1ccc(C(C)NC(=O)C(F)(F)F)cc1S(=O)(=O)Cl. The molecule has 0 aliphatic carbocycles. The van der Waals surface area contributed by atoms with Gasteiger partial charge in [0.2, 0.25) is 0 Å². The van der Waals surface area contributed by atoms with Gasteiger partial charge in [-0.2, -0.15) is 13.2 Å². The zero-order valence-corrected chi connectivity index (χ0v) is 12.4. The van der Waals surface area contributed by atoms with Crippen molar-refractivity contribution in [2.45, 2.75) is 24.0 Å². The minimum Gasteiger partial charge on any atom is -0.495 e. The van der Waals surface area contributed by atoms with E-state index >= 15 is 0 Å². The van der Waals surface area contributed by atoms with E-state index in [1.54, 1.807) is 5.32 Å². The number of methoxy groups -OCH3 is 1. The summed E-state index contributed by atoms with van der Waals surface area (Å²) in [5.74, 6) is -2.18. The van der Waals surface area contributed by atoms with Gasteiger partial charge in [0.15, 0.2) is 0 Å². The van der Waals surface area contributed by atoms with Gasteiger partial charge >= 0.3 is 12.1 Å². The summed E-state index contributed by atoms with van der Waals surface area (Å²) in [4.78, 5) is 10.5. The molecule has 0 aliphatic heterocycles. The van der Waals surface area contributed by atoms with E-state index in [2.05, 4.69) is 0 Å². The van der Waals surface area contributed by atoms with Crippen LogP contribution in [-0.4, -0.2) is 27.6 Å². The van der Waals surface area contributed by atoms with Crippen molar-refractivity contribution in [3.8, 4) is 5.75 Å². The number of hydrogen-bond acceptors (Lipinski definition) is 4. The first-order chi connectivity index (χ1) is 9.46. The molecule has 0 radical (unpaired) electrons. The van der Waals surface area contributed by atoms with Crippen LogP contribution in [0.15, 0.2) is 23.1 Å². The third kappa shape index (κ3) is 4.50. The van der Waals surface area contributed by atoms with Crippen molar-refractivity contribution in [2.24, 2.45) is 0 Å². The molecule has 1 amide bonds. The minimum atomic E-state index is -5.03. The molecule has 0 bridgehead atoms. The Morgan fingerprint density at radius 3 is 2.38 bits per heavy atom. The lowest BCUT2D eigenvalue weighted by atomic mass is 10.1. The van der Waals surface area contributed by atoms with Crippen molar-refractivity contribution in [3.05, 3.63) is 23.8 Å². The number of carbonyl (C=O) groups is 1. The van der Waals surface area contributed by atoms with Crippen LogP contribution in [0.5, 0.6) is 5.75 Å². The van der Waals surface area contributed by atoms with Crippen molar-refractivity contribution in [1.29, 1.82) is 0 Å². The molecule has 118 valence electrons. The van der Waals surface area contributed by atoms with Crippen LogP contribution in [0.4, 0.5) is 13.2 Å². The molecule has 0 aliphatic rings. The van der Waals surface area contributed by atoms with E-state index in [1.807, 2.05) is 0 Å². The highest BCUT2D eigenvalue weighted by atomic mass is 35.7. The number of halogens is 4. The van der Waals surface area contributed by atoms with Crippen LogP contribution in [-0.2, 0) is 13.8 Å². The average molecular weight is 346 g/mol. The van der Waals surface area contributed by atoms with Crippen molar-refractivity contribution < 1.29 is 31.1 Å². The minimum absolute atomic E-state index is 0.0527. The van der Waals surface area contributed by atoms with Gasteiger partial charge in [0.1, 0.15) is 10.6 Å². The second kappa shape index (κ2) is 6.10. The molecule has 0 heterocycles. The fourth-order valence-corrected chi connectivity index (χ4v) is 2.55. The lowest BCUT2D eigenvalue weighted by Gasteiger charge is -2.17. The Kier molecular flexibility index (Phi) is 5.11. The number of alkyl halides is 3. The Labute approximate surface area is 123 Å². The lowest BCUT2D eigenvalue weighted by molar-refractivity contribution is -0.174. The van der Waals surface area contributed by atoms with Crippen molar-refractivity contribution >= 4 is 25.6 Å². The van der Waals surface area contributed by atoms with Gasteiger partial charge in [-0.25, -0.2) is 8.42 Å². The molecular formula is C11H11ClF3NO4S. The quantitative estimate of drug-likeness (QED) is 0.850. The summed E-state index contributed by atoms with van der Waals surface area (Å²) in [7, 11) is 2.29. The van der Waals surface area contributed by atoms with Crippen LogP contribution in [0.3, 0.4) is 0 Å². The van der Waals surface area contributed by atoms with Crippen LogP contribution in [0, 0.1) is 0 Å². The maximum atomic E-state index is 12.2. The second-order valence-corrected chi connectivity index (χ2v) is 6.58. The predicted octanol–water partition coefficient (Wildman–Crippen LogP) is 2.36. The van der Waals surface area contributed by atoms with E-state index in [9.17, 15) is 26.4 Å². The maximum absolute atomic E-state index is 12.2. The third-order valence-corrected chi connectivity index (χ3v) is 3.90. The van der Waals surface area contributed by atoms with Crippen LogP contribution >= 0.6 is 10.7 Å².